The molecule has 1 aliphatic rings. The fraction of sp³-hybridized carbons (Fsp3) is 0.550. The van der Waals surface area contributed by atoms with Gasteiger partial charge in [-0.15, -0.1) is 11.6 Å². The number of nitrogens with zero attached hydrogens (tertiary/aromatic N) is 2. The smallest absolute Gasteiger partial charge is 0.417 e. The number of rotatable bonds is 5. The fourth-order valence-corrected chi connectivity index (χ4v) is 3.71. The quantitative estimate of drug-likeness (QED) is 0.602. The maximum absolute atomic E-state index is 13.9. The molecule has 0 bridgehead atoms. The van der Waals surface area contributed by atoms with Crippen LogP contribution in [0.15, 0.2) is 18.2 Å². The molecule has 8 heteroatoms. The highest BCUT2D eigenvalue weighted by molar-refractivity contribution is 6.18. The number of ether oxygens (including phenoxy) is 2. The second kappa shape index (κ2) is 7.85. The van der Waals surface area contributed by atoms with E-state index in [1.54, 1.807) is 26.0 Å². The van der Waals surface area contributed by atoms with E-state index in [2.05, 4.69) is 18.8 Å². The first kappa shape index (κ1) is 20.8. The van der Waals surface area contributed by atoms with E-state index >= 15 is 0 Å². The van der Waals surface area contributed by atoms with Gasteiger partial charge in [-0.05, 0) is 31.9 Å². The number of pyridine rings is 1. The van der Waals surface area contributed by atoms with Crippen LogP contribution in [0.1, 0.15) is 33.3 Å². The Morgan fingerprint density at radius 1 is 1.29 bits per heavy atom. The van der Waals surface area contributed by atoms with Gasteiger partial charge in [-0.2, -0.15) is 13.2 Å². The number of halogens is 4. The summed E-state index contributed by atoms with van der Waals surface area (Å²) in [6, 6.07) is 4.33. The van der Waals surface area contributed by atoms with E-state index in [1.165, 1.54) is 0 Å². The topological polar surface area (TPSA) is 34.6 Å². The summed E-state index contributed by atoms with van der Waals surface area (Å²) in [5.74, 6) is 0.777. The standard InChI is InChI=1S/C20H24ClF3N2O2/c1-11(2)16-10-27-19-15(26(16)8-7-21)6-5-14-18(19)13(20(22,23)24)9-17(25-14)28-12(3)4/h5-6,9,11-12,16H,7-8,10H2,1-4H3/t16-/m0/s1. The molecule has 3 rings (SSSR count). The molecule has 0 radical (unpaired) electrons. The highest BCUT2D eigenvalue weighted by Crippen LogP contribution is 2.46. The second-order valence-corrected chi connectivity index (χ2v) is 7.86. The Morgan fingerprint density at radius 2 is 2.00 bits per heavy atom. The summed E-state index contributed by atoms with van der Waals surface area (Å²) in [5, 5.41) is -0.0390. The Hall–Kier alpha value is -1.89. The van der Waals surface area contributed by atoms with Crippen LogP contribution in [-0.2, 0) is 6.18 Å². The van der Waals surface area contributed by atoms with Gasteiger partial charge in [0.05, 0.1) is 34.3 Å². The van der Waals surface area contributed by atoms with Crippen LogP contribution in [-0.4, -0.2) is 36.2 Å². The molecule has 0 aliphatic carbocycles. The molecule has 28 heavy (non-hydrogen) atoms. The predicted molar refractivity (Wildman–Crippen MR) is 105 cm³/mol. The molecule has 4 nitrogen and oxygen atoms in total. The monoisotopic (exact) mass is 416 g/mol. The summed E-state index contributed by atoms with van der Waals surface area (Å²) in [5.41, 5.74) is -0.000191. The number of anilines is 1. The molecule has 154 valence electrons. The van der Waals surface area contributed by atoms with Crippen LogP contribution in [0, 0.1) is 5.92 Å². The molecule has 2 aromatic rings. The lowest BCUT2D eigenvalue weighted by molar-refractivity contribution is -0.136. The number of aromatic nitrogens is 1. The zero-order valence-corrected chi connectivity index (χ0v) is 17.1. The van der Waals surface area contributed by atoms with Crippen molar-refractivity contribution in [3.05, 3.63) is 23.8 Å². The summed E-state index contributed by atoms with van der Waals surface area (Å²) in [6.07, 6.45) is -4.85. The maximum atomic E-state index is 13.9. The van der Waals surface area contributed by atoms with Gasteiger partial charge in [0.1, 0.15) is 6.61 Å². The van der Waals surface area contributed by atoms with Gasteiger partial charge in [-0.3, -0.25) is 0 Å². The third-order valence-corrected chi connectivity index (χ3v) is 4.92. The lowest BCUT2D eigenvalue weighted by atomic mass is 9.98. The molecule has 0 N–H and O–H groups in total. The molecule has 0 unspecified atom stereocenters. The molecule has 0 spiro atoms. The van der Waals surface area contributed by atoms with Crippen LogP contribution < -0.4 is 14.4 Å². The number of benzene rings is 1. The van der Waals surface area contributed by atoms with Crippen molar-refractivity contribution in [2.75, 3.05) is 23.9 Å². The lowest BCUT2D eigenvalue weighted by Crippen LogP contribution is -2.47. The van der Waals surface area contributed by atoms with E-state index in [-0.39, 0.29) is 40.6 Å². The molecule has 2 heterocycles. The van der Waals surface area contributed by atoms with Crippen molar-refractivity contribution < 1.29 is 22.6 Å². The van der Waals surface area contributed by atoms with Gasteiger partial charge in [0, 0.05) is 18.5 Å². The van der Waals surface area contributed by atoms with Gasteiger partial charge in [-0.25, -0.2) is 4.98 Å². The van der Waals surface area contributed by atoms with Crippen molar-refractivity contribution in [1.82, 2.24) is 4.98 Å². The van der Waals surface area contributed by atoms with E-state index in [9.17, 15) is 13.2 Å². The molecule has 0 amide bonds. The molecule has 0 saturated heterocycles. The Bertz CT molecular complexity index is 855. The van der Waals surface area contributed by atoms with Gasteiger partial charge in [0.2, 0.25) is 5.88 Å². The van der Waals surface area contributed by atoms with Crippen LogP contribution in [0.2, 0.25) is 0 Å². The van der Waals surface area contributed by atoms with Crippen molar-refractivity contribution in [3.63, 3.8) is 0 Å². The van der Waals surface area contributed by atoms with Crippen LogP contribution in [0.3, 0.4) is 0 Å². The van der Waals surface area contributed by atoms with Gasteiger partial charge >= 0.3 is 6.18 Å². The molecule has 0 saturated carbocycles. The van der Waals surface area contributed by atoms with Crippen LogP contribution >= 0.6 is 11.6 Å². The first-order valence-electron chi connectivity index (χ1n) is 9.30. The normalized spacial score (nSPS) is 17.2. The number of hydrogen-bond donors (Lipinski definition) is 0. The molecule has 1 aromatic heterocycles. The summed E-state index contributed by atoms with van der Waals surface area (Å²) < 4.78 is 53.0. The van der Waals surface area contributed by atoms with Gasteiger partial charge < -0.3 is 14.4 Å². The predicted octanol–water partition coefficient (Wildman–Crippen LogP) is 5.50. The Balaban J connectivity index is 2.24. The van der Waals surface area contributed by atoms with Gasteiger partial charge in [0.25, 0.3) is 0 Å². The Morgan fingerprint density at radius 3 is 2.57 bits per heavy atom. The van der Waals surface area contributed by atoms with E-state index in [1.807, 2.05) is 4.90 Å². The number of alkyl halides is 4. The van der Waals surface area contributed by atoms with Gasteiger partial charge in [0.15, 0.2) is 5.75 Å². The van der Waals surface area contributed by atoms with Crippen LogP contribution in [0.25, 0.3) is 10.9 Å². The van der Waals surface area contributed by atoms with Crippen molar-refractivity contribution in [2.45, 2.75) is 46.0 Å². The van der Waals surface area contributed by atoms with E-state index in [0.29, 0.717) is 24.7 Å². The lowest BCUT2D eigenvalue weighted by Gasteiger charge is -2.41. The largest absolute Gasteiger partial charge is 0.489 e. The minimum atomic E-state index is -4.57. The number of hydrogen-bond acceptors (Lipinski definition) is 4. The Labute approximate surface area is 167 Å². The molecular formula is C20H24ClF3N2O2. The third-order valence-electron chi connectivity index (χ3n) is 4.75. The van der Waals surface area contributed by atoms with E-state index in [4.69, 9.17) is 21.1 Å². The highest BCUT2D eigenvalue weighted by Gasteiger charge is 2.38. The van der Waals surface area contributed by atoms with E-state index < -0.39 is 11.7 Å². The van der Waals surface area contributed by atoms with Crippen LogP contribution in [0.4, 0.5) is 18.9 Å². The first-order valence-corrected chi connectivity index (χ1v) is 9.84. The van der Waals surface area contributed by atoms with E-state index in [0.717, 1.165) is 6.07 Å². The van der Waals surface area contributed by atoms with Crippen molar-refractivity contribution in [1.29, 1.82) is 0 Å². The molecule has 0 fully saturated rings. The molecule has 1 aromatic carbocycles. The second-order valence-electron chi connectivity index (χ2n) is 7.49. The zero-order chi connectivity index (χ0) is 20.6. The van der Waals surface area contributed by atoms with Crippen molar-refractivity contribution in [2.24, 2.45) is 5.92 Å². The minimum absolute atomic E-state index is 0.0366. The average molecular weight is 417 g/mol. The van der Waals surface area contributed by atoms with Crippen molar-refractivity contribution in [3.8, 4) is 11.6 Å². The highest BCUT2D eigenvalue weighted by atomic mass is 35.5. The maximum Gasteiger partial charge on any atom is 0.417 e. The first-order chi connectivity index (χ1) is 13.1. The Kier molecular flexibility index (Phi) is 5.84. The summed E-state index contributed by atoms with van der Waals surface area (Å²) in [6.45, 7) is 8.41. The minimum Gasteiger partial charge on any atom is -0.489 e. The molecule has 1 aliphatic heterocycles. The van der Waals surface area contributed by atoms with Crippen LogP contribution in [0.5, 0.6) is 11.6 Å². The third kappa shape index (κ3) is 3.95. The summed E-state index contributed by atoms with van der Waals surface area (Å²) >= 11 is 5.97. The van der Waals surface area contributed by atoms with Crippen molar-refractivity contribution >= 4 is 28.2 Å². The SMILES string of the molecule is CC(C)Oc1cc(C(F)(F)F)c2c3c(ccc2n1)N(CCCl)[C@H](C(C)C)CO3. The molecular weight excluding hydrogens is 393 g/mol. The van der Waals surface area contributed by atoms with Gasteiger partial charge in [-0.1, -0.05) is 13.8 Å². The fourth-order valence-electron chi connectivity index (χ4n) is 3.53. The average Bonchev–Trinajstić information content (AvgIpc) is 2.59. The number of fused-ring (bicyclic) bond motifs is 3. The summed E-state index contributed by atoms with van der Waals surface area (Å²) in [4.78, 5) is 6.31. The molecule has 1 atom stereocenters. The summed E-state index contributed by atoms with van der Waals surface area (Å²) in [7, 11) is 0. The zero-order valence-electron chi connectivity index (χ0n) is 16.3.